The van der Waals surface area contributed by atoms with Crippen LogP contribution in [0.15, 0.2) is 18.2 Å². The first kappa shape index (κ1) is 14.4. The van der Waals surface area contributed by atoms with Crippen LogP contribution in [0.3, 0.4) is 0 Å². The number of methoxy groups -OCH3 is 2. The highest BCUT2D eigenvalue weighted by Gasteiger charge is 2.27. The average Bonchev–Trinajstić information content (AvgIpc) is 3.02. The second-order valence-electron chi connectivity index (χ2n) is 5.22. The maximum Gasteiger partial charge on any atom is 0.227 e. The van der Waals surface area contributed by atoms with E-state index in [4.69, 9.17) is 9.47 Å². The van der Waals surface area contributed by atoms with Gasteiger partial charge in [-0.15, -0.1) is 0 Å². The Morgan fingerprint density at radius 2 is 2.00 bits per heavy atom. The normalized spacial score (nSPS) is 16.7. The molecule has 0 radical (unpaired) electrons. The second-order valence-corrected chi connectivity index (χ2v) is 5.22. The molecule has 0 spiro atoms. The fraction of sp³-hybridized carbons (Fsp3) is 0.400. The summed E-state index contributed by atoms with van der Waals surface area (Å²) in [5, 5.41) is 13.7. The van der Waals surface area contributed by atoms with Crippen molar-refractivity contribution in [3.63, 3.8) is 0 Å². The molecule has 116 valence electrons. The van der Waals surface area contributed by atoms with Crippen molar-refractivity contribution in [3.8, 4) is 11.5 Å². The first-order valence-electron chi connectivity index (χ1n) is 7.12. The Bertz CT molecular complexity index is 683. The predicted molar refractivity (Wildman–Crippen MR) is 80.1 cm³/mol. The van der Waals surface area contributed by atoms with Crippen molar-refractivity contribution < 1.29 is 14.3 Å². The van der Waals surface area contributed by atoms with Crippen LogP contribution in [0, 0.1) is 5.92 Å². The van der Waals surface area contributed by atoms with Crippen LogP contribution in [-0.2, 0) is 17.6 Å². The zero-order chi connectivity index (χ0) is 15.5. The van der Waals surface area contributed by atoms with E-state index in [-0.39, 0.29) is 11.8 Å². The van der Waals surface area contributed by atoms with E-state index in [9.17, 15) is 4.79 Å². The number of benzene rings is 1. The van der Waals surface area contributed by atoms with Gasteiger partial charge in [0.25, 0.3) is 0 Å². The molecule has 0 fully saturated rings. The van der Waals surface area contributed by atoms with Crippen LogP contribution in [0.4, 0.5) is 5.69 Å². The van der Waals surface area contributed by atoms with Gasteiger partial charge in [-0.05, 0) is 25.0 Å². The molecule has 1 aliphatic rings. The summed E-state index contributed by atoms with van der Waals surface area (Å²) < 4.78 is 10.4. The van der Waals surface area contributed by atoms with Gasteiger partial charge in [-0.1, -0.05) is 0 Å². The number of aromatic amines is 1. The summed E-state index contributed by atoms with van der Waals surface area (Å²) in [5.74, 6) is 1.11. The first-order valence-corrected chi connectivity index (χ1v) is 7.12. The summed E-state index contributed by atoms with van der Waals surface area (Å²) in [4.78, 5) is 12.4. The number of carbonyl (C=O) groups is 1. The van der Waals surface area contributed by atoms with Gasteiger partial charge in [-0.3, -0.25) is 4.79 Å². The van der Waals surface area contributed by atoms with Gasteiger partial charge < -0.3 is 14.8 Å². The summed E-state index contributed by atoms with van der Waals surface area (Å²) >= 11 is 0. The van der Waals surface area contributed by atoms with Crippen LogP contribution in [0.2, 0.25) is 0 Å². The highest BCUT2D eigenvalue weighted by molar-refractivity contribution is 5.93. The van der Waals surface area contributed by atoms with Crippen molar-refractivity contribution in [1.82, 2.24) is 15.4 Å². The molecule has 2 aromatic rings. The van der Waals surface area contributed by atoms with E-state index in [1.54, 1.807) is 32.4 Å². The van der Waals surface area contributed by atoms with Crippen molar-refractivity contribution in [2.45, 2.75) is 19.3 Å². The van der Waals surface area contributed by atoms with Gasteiger partial charge in [0.1, 0.15) is 0 Å². The number of anilines is 1. The lowest BCUT2D eigenvalue weighted by atomic mass is 9.89. The third kappa shape index (κ3) is 2.74. The summed E-state index contributed by atoms with van der Waals surface area (Å²) in [6.07, 6.45) is 2.17. The van der Waals surface area contributed by atoms with Crippen LogP contribution < -0.4 is 14.8 Å². The van der Waals surface area contributed by atoms with Gasteiger partial charge in [0, 0.05) is 24.1 Å². The molecular weight excluding hydrogens is 284 g/mol. The lowest BCUT2D eigenvalue weighted by Crippen LogP contribution is -2.28. The molecule has 1 amide bonds. The predicted octanol–water partition coefficient (Wildman–Crippen LogP) is 1.57. The molecule has 1 aliphatic carbocycles. The third-order valence-electron chi connectivity index (χ3n) is 3.89. The summed E-state index contributed by atoms with van der Waals surface area (Å²) in [6, 6.07) is 5.32. The number of nitrogens with one attached hydrogen (secondary N) is 2. The summed E-state index contributed by atoms with van der Waals surface area (Å²) in [5.41, 5.74) is 2.54. The molecule has 7 heteroatoms. The number of aryl methyl sites for hydroxylation is 1. The Morgan fingerprint density at radius 1 is 1.23 bits per heavy atom. The number of nitrogens with zero attached hydrogens (tertiary/aromatic N) is 2. The zero-order valence-corrected chi connectivity index (χ0v) is 12.5. The molecule has 1 unspecified atom stereocenters. The summed E-state index contributed by atoms with van der Waals surface area (Å²) in [7, 11) is 3.14. The molecule has 1 atom stereocenters. The third-order valence-corrected chi connectivity index (χ3v) is 3.89. The second kappa shape index (κ2) is 6.05. The van der Waals surface area contributed by atoms with Crippen LogP contribution in [0.1, 0.15) is 17.8 Å². The molecule has 1 heterocycles. The maximum atomic E-state index is 12.4. The van der Waals surface area contributed by atoms with E-state index in [0.29, 0.717) is 23.6 Å². The van der Waals surface area contributed by atoms with Crippen LogP contribution in [0.25, 0.3) is 0 Å². The molecule has 22 heavy (non-hydrogen) atoms. The summed E-state index contributed by atoms with van der Waals surface area (Å²) in [6.45, 7) is 0. The molecule has 1 aromatic carbocycles. The molecule has 0 bridgehead atoms. The molecule has 0 aliphatic heterocycles. The number of rotatable bonds is 4. The minimum Gasteiger partial charge on any atom is -0.493 e. The Morgan fingerprint density at radius 3 is 2.77 bits per heavy atom. The molecule has 2 N–H and O–H groups in total. The number of ether oxygens (including phenoxy) is 2. The number of aromatic nitrogens is 3. The van der Waals surface area contributed by atoms with Crippen LogP contribution in [0.5, 0.6) is 11.5 Å². The molecule has 3 rings (SSSR count). The van der Waals surface area contributed by atoms with Gasteiger partial charge in [-0.2, -0.15) is 15.4 Å². The fourth-order valence-corrected chi connectivity index (χ4v) is 2.67. The van der Waals surface area contributed by atoms with Crippen molar-refractivity contribution in [3.05, 3.63) is 29.6 Å². The van der Waals surface area contributed by atoms with E-state index >= 15 is 0 Å². The number of fused-ring (bicyclic) bond motifs is 1. The van der Waals surface area contributed by atoms with Gasteiger partial charge >= 0.3 is 0 Å². The molecule has 1 aromatic heterocycles. The van der Waals surface area contributed by atoms with E-state index < -0.39 is 0 Å². The van der Waals surface area contributed by atoms with E-state index in [1.165, 1.54) is 0 Å². The Balaban J connectivity index is 1.70. The molecule has 0 saturated carbocycles. The first-order chi connectivity index (χ1) is 10.7. The number of hydrogen-bond donors (Lipinski definition) is 2. The van der Waals surface area contributed by atoms with E-state index in [1.807, 2.05) is 0 Å². The minimum absolute atomic E-state index is 0.0131. The van der Waals surface area contributed by atoms with Crippen molar-refractivity contribution >= 4 is 11.6 Å². The highest BCUT2D eigenvalue weighted by atomic mass is 16.5. The molecule has 7 nitrogen and oxygen atoms in total. The number of carbonyl (C=O) groups excluding carboxylic acids is 1. The van der Waals surface area contributed by atoms with Crippen molar-refractivity contribution in [2.24, 2.45) is 5.92 Å². The van der Waals surface area contributed by atoms with E-state index in [2.05, 4.69) is 20.7 Å². The largest absolute Gasteiger partial charge is 0.493 e. The Kier molecular flexibility index (Phi) is 3.95. The molecular formula is C15H18N4O3. The number of H-pyrrole nitrogens is 1. The number of hydrogen-bond acceptors (Lipinski definition) is 5. The van der Waals surface area contributed by atoms with Crippen LogP contribution in [-0.4, -0.2) is 35.5 Å². The SMILES string of the molecule is COc1ccc(NC(=O)C2CCc3n[nH]nc3C2)cc1OC. The monoisotopic (exact) mass is 302 g/mol. The van der Waals surface area contributed by atoms with Gasteiger partial charge in [0.2, 0.25) is 5.91 Å². The number of amides is 1. The van der Waals surface area contributed by atoms with Gasteiger partial charge in [0.15, 0.2) is 11.5 Å². The highest BCUT2D eigenvalue weighted by Crippen LogP contribution is 2.30. The zero-order valence-electron chi connectivity index (χ0n) is 12.5. The average molecular weight is 302 g/mol. The Hall–Kier alpha value is -2.57. The quantitative estimate of drug-likeness (QED) is 0.894. The maximum absolute atomic E-state index is 12.4. The van der Waals surface area contributed by atoms with Crippen molar-refractivity contribution in [2.75, 3.05) is 19.5 Å². The minimum atomic E-state index is -0.0919. The van der Waals surface area contributed by atoms with Gasteiger partial charge in [-0.25, -0.2) is 0 Å². The Labute approximate surface area is 128 Å². The lowest BCUT2D eigenvalue weighted by molar-refractivity contribution is -0.120. The van der Waals surface area contributed by atoms with Gasteiger partial charge in [0.05, 0.1) is 25.6 Å². The standard InChI is InChI=1S/C15H18N4O3/c1-21-13-6-4-10(8-14(13)22-2)16-15(20)9-3-5-11-12(7-9)18-19-17-11/h4,6,8-9H,3,5,7H2,1-2H3,(H,16,20)(H,17,18,19). The van der Waals surface area contributed by atoms with Crippen LogP contribution >= 0.6 is 0 Å². The van der Waals surface area contributed by atoms with E-state index in [0.717, 1.165) is 24.2 Å². The van der Waals surface area contributed by atoms with Crippen molar-refractivity contribution in [1.29, 1.82) is 0 Å². The lowest BCUT2D eigenvalue weighted by Gasteiger charge is -2.20. The molecule has 0 saturated heterocycles. The smallest absolute Gasteiger partial charge is 0.227 e. The topological polar surface area (TPSA) is 89.1 Å². The fourth-order valence-electron chi connectivity index (χ4n) is 2.67.